The molecule has 0 saturated carbocycles. The van der Waals surface area contributed by atoms with Gasteiger partial charge in [0.25, 0.3) is 0 Å². The summed E-state index contributed by atoms with van der Waals surface area (Å²) in [6, 6.07) is 6.47. The number of ether oxygens (including phenoxy) is 1. The highest BCUT2D eigenvalue weighted by molar-refractivity contribution is 5.66. The van der Waals surface area contributed by atoms with E-state index < -0.39 is 6.09 Å². The third-order valence-electron chi connectivity index (χ3n) is 2.55. The molecule has 1 atom stereocenters. The zero-order valence-electron chi connectivity index (χ0n) is 11.5. The summed E-state index contributed by atoms with van der Waals surface area (Å²) in [6.45, 7) is 7.47. The fraction of sp³-hybridized carbons (Fsp3) is 0.500. The number of alkyl carbamates (subject to hydrolysis) is 1. The third kappa shape index (κ3) is 5.19. The van der Waals surface area contributed by atoms with Crippen LogP contribution in [0.4, 0.5) is 4.79 Å². The third-order valence-corrected chi connectivity index (χ3v) is 2.55. The number of benzene rings is 1. The van der Waals surface area contributed by atoms with Crippen LogP contribution in [-0.2, 0) is 11.3 Å². The molecular weight excluding hydrogens is 228 g/mol. The van der Waals surface area contributed by atoms with Crippen molar-refractivity contribution in [2.45, 2.75) is 33.4 Å². The van der Waals surface area contributed by atoms with Crippen LogP contribution in [0.2, 0.25) is 0 Å². The number of nitrogens with one attached hydrogen (secondary N) is 2. The lowest BCUT2D eigenvalue weighted by atomic mass is 10.1. The van der Waals surface area contributed by atoms with Gasteiger partial charge in [-0.05, 0) is 26.3 Å². The molecule has 0 aliphatic carbocycles. The van der Waals surface area contributed by atoms with E-state index in [0.29, 0.717) is 6.54 Å². The highest BCUT2D eigenvalue weighted by Gasteiger charge is 2.06. The van der Waals surface area contributed by atoms with Crippen molar-refractivity contribution in [3.8, 4) is 0 Å². The van der Waals surface area contributed by atoms with E-state index in [9.17, 15) is 4.79 Å². The highest BCUT2D eigenvalue weighted by atomic mass is 16.6. The van der Waals surface area contributed by atoms with E-state index in [-0.39, 0.29) is 6.10 Å². The van der Waals surface area contributed by atoms with Crippen LogP contribution in [0.3, 0.4) is 0 Å². The molecule has 1 unspecified atom stereocenters. The van der Waals surface area contributed by atoms with Gasteiger partial charge >= 0.3 is 6.09 Å². The fourth-order valence-electron chi connectivity index (χ4n) is 1.87. The maximum absolute atomic E-state index is 11.0. The van der Waals surface area contributed by atoms with Crippen molar-refractivity contribution >= 4 is 6.09 Å². The molecule has 0 bridgehead atoms. The Hall–Kier alpha value is -1.55. The molecule has 0 saturated heterocycles. The molecule has 18 heavy (non-hydrogen) atoms. The maximum atomic E-state index is 11.0. The van der Waals surface area contributed by atoms with Gasteiger partial charge < -0.3 is 15.4 Å². The largest absolute Gasteiger partial charge is 0.445 e. The van der Waals surface area contributed by atoms with Gasteiger partial charge in [0.1, 0.15) is 6.10 Å². The summed E-state index contributed by atoms with van der Waals surface area (Å²) in [5, 5.41) is 5.71. The normalized spacial score (nSPS) is 12.0. The van der Waals surface area contributed by atoms with Gasteiger partial charge in [0.15, 0.2) is 0 Å². The molecule has 0 aliphatic rings. The average molecular weight is 250 g/mol. The minimum Gasteiger partial charge on any atom is -0.445 e. The van der Waals surface area contributed by atoms with E-state index in [1.165, 1.54) is 16.7 Å². The molecule has 0 fully saturated rings. The molecule has 0 spiro atoms. The van der Waals surface area contributed by atoms with Crippen molar-refractivity contribution in [3.05, 3.63) is 34.9 Å². The van der Waals surface area contributed by atoms with Gasteiger partial charge in [-0.25, -0.2) is 4.79 Å². The minimum atomic E-state index is -0.393. The quantitative estimate of drug-likeness (QED) is 0.841. The van der Waals surface area contributed by atoms with Crippen molar-refractivity contribution < 1.29 is 9.53 Å². The van der Waals surface area contributed by atoms with E-state index >= 15 is 0 Å². The van der Waals surface area contributed by atoms with Crippen molar-refractivity contribution in [2.24, 2.45) is 0 Å². The number of aryl methyl sites for hydroxylation is 2. The van der Waals surface area contributed by atoms with Gasteiger partial charge in [-0.2, -0.15) is 0 Å². The van der Waals surface area contributed by atoms with Crippen LogP contribution in [0.25, 0.3) is 0 Å². The zero-order chi connectivity index (χ0) is 13.5. The van der Waals surface area contributed by atoms with Gasteiger partial charge in [0.2, 0.25) is 0 Å². The number of hydrogen-bond donors (Lipinski definition) is 2. The SMILES string of the molecule is CNC(=O)OC(C)CNCc1cc(C)cc(C)c1. The van der Waals surface area contributed by atoms with E-state index in [1.54, 1.807) is 7.05 Å². The number of carbonyl (C=O) groups excluding carboxylic acids is 1. The standard InChI is InChI=1S/C14H22N2O2/c1-10-5-11(2)7-13(6-10)9-16-8-12(3)18-14(17)15-4/h5-7,12,16H,8-9H2,1-4H3,(H,15,17). The molecule has 0 aromatic heterocycles. The molecule has 4 heteroatoms. The minimum absolute atomic E-state index is 0.143. The molecule has 0 heterocycles. The van der Waals surface area contributed by atoms with Gasteiger partial charge in [-0.1, -0.05) is 29.3 Å². The molecule has 1 rings (SSSR count). The molecule has 1 aromatic rings. The first-order valence-corrected chi connectivity index (χ1v) is 6.17. The second-order valence-corrected chi connectivity index (χ2v) is 4.59. The Balaban J connectivity index is 2.35. The molecule has 100 valence electrons. The van der Waals surface area contributed by atoms with Crippen LogP contribution in [0.5, 0.6) is 0 Å². The smallest absolute Gasteiger partial charge is 0.407 e. The zero-order valence-corrected chi connectivity index (χ0v) is 11.5. The summed E-state index contributed by atoms with van der Waals surface area (Å²) in [7, 11) is 1.55. The lowest BCUT2D eigenvalue weighted by molar-refractivity contribution is 0.108. The summed E-state index contributed by atoms with van der Waals surface area (Å²) in [4.78, 5) is 11.0. The Bertz CT molecular complexity index is 385. The lowest BCUT2D eigenvalue weighted by Gasteiger charge is -2.14. The molecule has 0 aliphatic heterocycles. The van der Waals surface area contributed by atoms with E-state index in [1.807, 2.05) is 6.92 Å². The Labute approximate surface area is 109 Å². The van der Waals surface area contributed by atoms with Crippen LogP contribution in [-0.4, -0.2) is 25.8 Å². The van der Waals surface area contributed by atoms with E-state index in [4.69, 9.17) is 4.74 Å². The van der Waals surface area contributed by atoms with Crippen LogP contribution in [0, 0.1) is 13.8 Å². The van der Waals surface area contributed by atoms with Crippen LogP contribution in [0.1, 0.15) is 23.6 Å². The molecule has 1 amide bonds. The number of carbonyl (C=O) groups is 1. The van der Waals surface area contributed by atoms with Gasteiger partial charge in [-0.15, -0.1) is 0 Å². The molecular formula is C14H22N2O2. The Morgan fingerprint density at radius 1 is 1.28 bits per heavy atom. The second kappa shape index (κ2) is 7.01. The van der Waals surface area contributed by atoms with Gasteiger partial charge in [0, 0.05) is 20.1 Å². The van der Waals surface area contributed by atoms with Crippen molar-refractivity contribution in [1.29, 1.82) is 0 Å². The average Bonchev–Trinajstić information content (AvgIpc) is 2.27. The Morgan fingerprint density at radius 2 is 1.89 bits per heavy atom. The number of rotatable bonds is 5. The Kier molecular flexibility index (Phi) is 5.65. The molecule has 1 aromatic carbocycles. The molecule has 4 nitrogen and oxygen atoms in total. The van der Waals surface area contributed by atoms with E-state index in [0.717, 1.165) is 6.54 Å². The summed E-state index contributed by atoms with van der Waals surface area (Å²) in [6.07, 6.45) is -0.536. The van der Waals surface area contributed by atoms with Crippen molar-refractivity contribution in [3.63, 3.8) is 0 Å². The number of amides is 1. The maximum Gasteiger partial charge on any atom is 0.407 e. The fourth-order valence-corrected chi connectivity index (χ4v) is 1.87. The van der Waals surface area contributed by atoms with Crippen LogP contribution in [0.15, 0.2) is 18.2 Å². The first kappa shape index (κ1) is 14.5. The topological polar surface area (TPSA) is 50.4 Å². The predicted octanol–water partition coefficient (Wildman–Crippen LogP) is 2.14. The summed E-state index contributed by atoms with van der Waals surface area (Å²) in [5.41, 5.74) is 3.78. The van der Waals surface area contributed by atoms with Crippen LogP contribution >= 0.6 is 0 Å². The summed E-state index contributed by atoms with van der Waals surface area (Å²) < 4.78 is 5.07. The summed E-state index contributed by atoms with van der Waals surface area (Å²) in [5.74, 6) is 0. The lowest BCUT2D eigenvalue weighted by Crippen LogP contribution is -2.31. The van der Waals surface area contributed by atoms with Crippen molar-refractivity contribution in [2.75, 3.05) is 13.6 Å². The molecule has 2 N–H and O–H groups in total. The first-order valence-electron chi connectivity index (χ1n) is 6.17. The predicted molar refractivity (Wildman–Crippen MR) is 72.6 cm³/mol. The van der Waals surface area contributed by atoms with Gasteiger partial charge in [0.05, 0.1) is 0 Å². The van der Waals surface area contributed by atoms with Gasteiger partial charge in [-0.3, -0.25) is 0 Å². The van der Waals surface area contributed by atoms with Crippen molar-refractivity contribution in [1.82, 2.24) is 10.6 Å². The van der Waals surface area contributed by atoms with E-state index in [2.05, 4.69) is 42.7 Å². The second-order valence-electron chi connectivity index (χ2n) is 4.59. The molecule has 0 radical (unpaired) electrons. The highest BCUT2D eigenvalue weighted by Crippen LogP contribution is 2.08. The first-order chi connectivity index (χ1) is 8.51. The monoisotopic (exact) mass is 250 g/mol. The number of hydrogen-bond acceptors (Lipinski definition) is 3. The summed E-state index contributed by atoms with van der Waals surface area (Å²) >= 11 is 0. The van der Waals surface area contributed by atoms with Crippen LogP contribution < -0.4 is 10.6 Å². The Morgan fingerprint density at radius 3 is 2.44 bits per heavy atom.